The summed E-state index contributed by atoms with van der Waals surface area (Å²) in [5.41, 5.74) is 0.416. The van der Waals surface area contributed by atoms with Crippen molar-refractivity contribution in [1.82, 2.24) is 0 Å². The molecule has 0 saturated carbocycles. The van der Waals surface area contributed by atoms with Gasteiger partial charge in [0.2, 0.25) is 0 Å². The SMILES string of the molecule is OB(O)c1ccccc1OCC1CCOCC1. The number of rotatable bonds is 4. The summed E-state index contributed by atoms with van der Waals surface area (Å²) in [6.45, 7) is 2.18. The van der Waals surface area contributed by atoms with Crippen molar-refractivity contribution in [2.24, 2.45) is 5.92 Å². The molecule has 1 aliphatic heterocycles. The van der Waals surface area contributed by atoms with E-state index in [4.69, 9.17) is 9.47 Å². The van der Waals surface area contributed by atoms with Crippen molar-refractivity contribution in [3.63, 3.8) is 0 Å². The molecule has 2 rings (SSSR count). The van der Waals surface area contributed by atoms with Crippen LogP contribution in [-0.4, -0.2) is 37.0 Å². The van der Waals surface area contributed by atoms with E-state index >= 15 is 0 Å². The van der Waals surface area contributed by atoms with Crippen LogP contribution in [0.2, 0.25) is 0 Å². The lowest BCUT2D eigenvalue weighted by molar-refractivity contribution is 0.0499. The van der Waals surface area contributed by atoms with Crippen molar-refractivity contribution in [1.29, 1.82) is 0 Å². The van der Waals surface area contributed by atoms with Gasteiger partial charge in [0.15, 0.2) is 0 Å². The van der Waals surface area contributed by atoms with Gasteiger partial charge in [-0.3, -0.25) is 0 Å². The number of hydrogen-bond acceptors (Lipinski definition) is 4. The number of benzene rings is 1. The smallest absolute Gasteiger partial charge is 0.492 e. The van der Waals surface area contributed by atoms with E-state index in [1.54, 1.807) is 18.2 Å². The summed E-state index contributed by atoms with van der Waals surface area (Å²) in [7, 11) is -1.49. The molecule has 0 unspecified atom stereocenters. The zero-order valence-corrected chi connectivity index (χ0v) is 9.71. The highest BCUT2D eigenvalue weighted by Gasteiger charge is 2.19. The zero-order valence-electron chi connectivity index (χ0n) is 9.71. The molecule has 1 aliphatic rings. The molecule has 0 aliphatic carbocycles. The highest BCUT2D eigenvalue weighted by atomic mass is 16.5. The third-order valence-corrected chi connectivity index (χ3v) is 3.01. The second kappa shape index (κ2) is 6.05. The van der Waals surface area contributed by atoms with Gasteiger partial charge in [0.25, 0.3) is 0 Å². The van der Waals surface area contributed by atoms with E-state index in [2.05, 4.69) is 0 Å². The molecule has 0 atom stereocenters. The van der Waals surface area contributed by atoms with Crippen LogP contribution in [0.5, 0.6) is 5.75 Å². The topological polar surface area (TPSA) is 58.9 Å². The molecule has 17 heavy (non-hydrogen) atoms. The van der Waals surface area contributed by atoms with Crippen molar-refractivity contribution in [3.05, 3.63) is 24.3 Å². The lowest BCUT2D eigenvalue weighted by atomic mass is 9.79. The van der Waals surface area contributed by atoms with Gasteiger partial charge < -0.3 is 19.5 Å². The molecule has 1 saturated heterocycles. The number of hydrogen-bond donors (Lipinski definition) is 2. The van der Waals surface area contributed by atoms with Crippen LogP contribution in [0.3, 0.4) is 0 Å². The van der Waals surface area contributed by atoms with Crippen molar-refractivity contribution < 1.29 is 19.5 Å². The van der Waals surface area contributed by atoms with Gasteiger partial charge >= 0.3 is 7.12 Å². The number of para-hydroxylation sites is 1. The molecule has 0 bridgehead atoms. The summed E-state index contributed by atoms with van der Waals surface area (Å²) >= 11 is 0. The lowest BCUT2D eigenvalue weighted by Crippen LogP contribution is -2.32. The minimum atomic E-state index is -1.49. The van der Waals surface area contributed by atoms with Crippen molar-refractivity contribution in [2.45, 2.75) is 12.8 Å². The normalized spacial score (nSPS) is 16.8. The molecule has 1 fully saturated rings. The summed E-state index contributed by atoms with van der Waals surface area (Å²) in [5, 5.41) is 18.4. The fourth-order valence-corrected chi connectivity index (χ4v) is 1.95. The van der Waals surface area contributed by atoms with Crippen molar-refractivity contribution in [3.8, 4) is 5.75 Å². The van der Waals surface area contributed by atoms with Gasteiger partial charge in [0.05, 0.1) is 6.61 Å². The molecular weight excluding hydrogens is 219 g/mol. The van der Waals surface area contributed by atoms with E-state index in [-0.39, 0.29) is 0 Å². The Bertz CT molecular complexity index is 350. The van der Waals surface area contributed by atoms with Gasteiger partial charge in [0, 0.05) is 18.7 Å². The Labute approximate surface area is 101 Å². The predicted octanol–water partition coefficient (Wildman–Crippen LogP) is 0.172. The lowest BCUT2D eigenvalue weighted by Gasteiger charge is -2.22. The van der Waals surface area contributed by atoms with Crippen LogP contribution in [0.4, 0.5) is 0 Å². The third kappa shape index (κ3) is 3.46. The second-order valence-corrected chi connectivity index (χ2v) is 4.28. The van der Waals surface area contributed by atoms with Crippen LogP contribution in [0.1, 0.15) is 12.8 Å². The molecule has 1 aromatic carbocycles. The molecular formula is C12H17BO4. The highest BCUT2D eigenvalue weighted by molar-refractivity contribution is 6.59. The van der Waals surface area contributed by atoms with E-state index in [9.17, 15) is 10.0 Å². The first kappa shape index (κ1) is 12.4. The molecule has 0 amide bonds. The molecule has 4 nitrogen and oxygen atoms in total. The Balaban J connectivity index is 1.93. The van der Waals surface area contributed by atoms with E-state index in [0.717, 1.165) is 26.1 Å². The Morgan fingerprint density at radius 2 is 1.94 bits per heavy atom. The Hall–Kier alpha value is -1.04. The van der Waals surface area contributed by atoms with Crippen molar-refractivity contribution >= 4 is 12.6 Å². The van der Waals surface area contributed by atoms with E-state index < -0.39 is 7.12 Å². The van der Waals surface area contributed by atoms with Crippen molar-refractivity contribution in [2.75, 3.05) is 19.8 Å². The molecule has 5 heteroatoms. The maximum Gasteiger partial charge on any atom is 0.492 e. The van der Waals surface area contributed by atoms with Gasteiger partial charge in [-0.15, -0.1) is 0 Å². The first-order valence-electron chi connectivity index (χ1n) is 5.93. The largest absolute Gasteiger partial charge is 0.494 e. The van der Waals surface area contributed by atoms with Crippen LogP contribution in [0.25, 0.3) is 0 Å². The maximum atomic E-state index is 9.20. The second-order valence-electron chi connectivity index (χ2n) is 4.28. The summed E-state index contributed by atoms with van der Waals surface area (Å²) in [6, 6.07) is 7.00. The first-order chi connectivity index (χ1) is 8.27. The summed E-state index contributed by atoms with van der Waals surface area (Å²) in [5.74, 6) is 1.04. The predicted molar refractivity (Wildman–Crippen MR) is 65.3 cm³/mol. The van der Waals surface area contributed by atoms with Crippen LogP contribution in [0.15, 0.2) is 24.3 Å². The molecule has 92 valence electrons. The Morgan fingerprint density at radius 3 is 2.65 bits per heavy atom. The van der Waals surface area contributed by atoms with Crippen LogP contribution < -0.4 is 10.2 Å². The quantitative estimate of drug-likeness (QED) is 0.732. The first-order valence-corrected chi connectivity index (χ1v) is 5.93. The fourth-order valence-electron chi connectivity index (χ4n) is 1.95. The van der Waals surface area contributed by atoms with Gasteiger partial charge in [-0.2, -0.15) is 0 Å². The van der Waals surface area contributed by atoms with Gasteiger partial charge in [0.1, 0.15) is 5.75 Å². The summed E-state index contributed by atoms with van der Waals surface area (Å²) in [4.78, 5) is 0. The van der Waals surface area contributed by atoms with Gasteiger partial charge in [-0.25, -0.2) is 0 Å². The Kier molecular flexibility index (Phi) is 4.42. The van der Waals surface area contributed by atoms with Crippen LogP contribution in [-0.2, 0) is 4.74 Å². The molecule has 0 spiro atoms. The minimum Gasteiger partial charge on any atom is -0.494 e. The molecule has 0 aromatic heterocycles. The molecule has 1 heterocycles. The average molecular weight is 236 g/mol. The average Bonchev–Trinajstić information content (AvgIpc) is 2.38. The fraction of sp³-hybridized carbons (Fsp3) is 0.500. The Morgan fingerprint density at radius 1 is 1.24 bits per heavy atom. The minimum absolute atomic E-state index is 0.416. The maximum absolute atomic E-state index is 9.20. The summed E-state index contributed by atoms with van der Waals surface area (Å²) in [6.07, 6.45) is 2.01. The van der Waals surface area contributed by atoms with E-state index in [1.165, 1.54) is 0 Å². The zero-order chi connectivity index (χ0) is 12.1. The molecule has 2 N–H and O–H groups in total. The van der Waals surface area contributed by atoms with E-state index in [0.29, 0.717) is 23.7 Å². The van der Waals surface area contributed by atoms with Gasteiger partial charge in [-0.05, 0) is 24.8 Å². The molecule has 1 aromatic rings. The highest BCUT2D eigenvalue weighted by Crippen LogP contribution is 2.16. The summed E-state index contributed by atoms with van der Waals surface area (Å²) < 4.78 is 10.9. The monoisotopic (exact) mass is 236 g/mol. The molecule has 0 radical (unpaired) electrons. The number of ether oxygens (including phenoxy) is 2. The standard InChI is InChI=1S/C12H17BO4/c14-13(15)11-3-1-2-4-12(11)17-9-10-5-7-16-8-6-10/h1-4,10,14-15H,5-9H2. The van der Waals surface area contributed by atoms with Gasteiger partial charge in [-0.1, -0.05) is 18.2 Å². The van der Waals surface area contributed by atoms with Crippen LogP contribution >= 0.6 is 0 Å². The van der Waals surface area contributed by atoms with Crippen LogP contribution in [0, 0.1) is 5.92 Å². The third-order valence-electron chi connectivity index (χ3n) is 3.01. The van der Waals surface area contributed by atoms with E-state index in [1.807, 2.05) is 6.07 Å².